The minimum Gasteiger partial charge on any atom is -0.288 e. The molecular weight excluding hydrogens is 344 g/mol. The molecular formula is C15H10Cl2FN3O2. The van der Waals surface area contributed by atoms with Gasteiger partial charge in [-0.15, -0.1) is 0 Å². The molecule has 1 amide bonds. The highest BCUT2D eigenvalue weighted by Crippen LogP contribution is 2.25. The lowest BCUT2D eigenvalue weighted by molar-refractivity contribution is 0.0701. The van der Waals surface area contributed by atoms with E-state index < -0.39 is 11.7 Å². The third-order valence-electron chi connectivity index (χ3n) is 3.36. The van der Waals surface area contributed by atoms with Crippen LogP contribution in [0, 0.1) is 5.82 Å². The van der Waals surface area contributed by atoms with Gasteiger partial charge in [0.2, 0.25) is 0 Å². The first-order valence-electron chi connectivity index (χ1n) is 6.54. The average molecular weight is 354 g/mol. The highest BCUT2D eigenvalue weighted by atomic mass is 35.5. The van der Waals surface area contributed by atoms with Crippen LogP contribution in [-0.2, 0) is 6.54 Å². The second-order valence-electron chi connectivity index (χ2n) is 4.84. The molecule has 118 valence electrons. The van der Waals surface area contributed by atoms with Crippen LogP contribution < -0.4 is 5.48 Å². The molecule has 0 saturated carbocycles. The van der Waals surface area contributed by atoms with Gasteiger partial charge in [-0.2, -0.15) is 5.10 Å². The van der Waals surface area contributed by atoms with Gasteiger partial charge in [0.1, 0.15) is 5.82 Å². The fraction of sp³-hybridized carbons (Fsp3) is 0.0667. The van der Waals surface area contributed by atoms with Gasteiger partial charge in [0.05, 0.1) is 12.1 Å². The van der Waals surface area contributed by atoms with Gasteiger partial charge < -0.3 is 0 Å². The van der Waals surface area contributed by atoms with Gasteiger partial charge in [0.25, 0.3) is 5.91 Å². The second kappa shape index (κ2) is 6.16. The van der Waals surface area contributed by atoms with Gasteiger partial charge in [-0.05, 0) is 35.9 Å². The average Bonchev–Trinajstić information content (AvgIpc) is 2.87. The number of aromatic nitrogens is 2. The van der Waals surface area contributed by atoms with Crippen molar-refractivity contribution < 1.29 is 14.4 Å². The van der Waals surface area contributed by atoms with Crippen molar-refractivity contribution in [2.45, 2.75) is 6.54 Å². The Hall–Kier alpha value is -2.15. The van der Waals surface area contributed by atoms with Crippen molar-refractivity contribution in [2.24, 2.45) is 0 Å². The van der Waals surface area contributed by atoms with Crippen molar-refractivity contribution in [1.29, 1.82) is 0 Å². The summed E-state index contributed by atoms with van der Waals surface area (Å²) in [4.78, 5) is 11.7. The van der Waals surface area contributed by atoms with E-state index in [-0.39, 0.29) is 12.2 Å². The van der Waals surface area contributed by atoms with E-state index in [9.17, 15) is 9.18 Å². The zero-order valence-electron chi connectivity index (χ0n) is 11.6. The monoisotopic (exact) mass is 353 g/mol. The Labute approximate surface area is 140 Å². The number of carbonyl (C=O) groups is 1. The molecule has 3 rings (SSSR count). The Morgan fingerprint density at radius 1 is 1.26 bits per heavy atom. The van der Waals surface area contributed by atoms with Crippen molar-refractivity contribution >= 4 is 40.0 Å². The van der Waals surface area contributed by atoms with E-state index in [4.69, 9.17) is 28.4 Å². The second-order valence-corrected chi connectivity index (χ2v) is 5.69. The summed E-state index contributed by atoms with van der Waals surface area (Å²) < 4.78 is 15.0. The number of nitrogens with zero attached hydrogens (tertiary/aromatic N) is 2. The highest BCUT2D eigenvalue weighted by Gasteiger charge is 2.18. The molecule has 1 aromatic heterocycles. The van der Waals surface area contributed by atoms with Crippen molar-refractivity contribution in [3.63, 3.8) is 0 Å². The molecule has 0 aliphatic heterocycles. The predicted molar refractivity (Wildman–Crippen MR) is 84.5 cm³/mol. The molecule has 8 heteroatoms. The Morgan fingerprint density at radius 2 is 2.04 bits per heavy atom. The molecule has 2 N–H and O–H groups in total. The van der Waals surface area contributed by atoms with E-state index in [0.717, 1.165) is 5.56 Å². The van der Waals surface area contributed by atoms with E-state index in [1.165, 1.54) is 28.4 Å². The summed E-state index contributed by atoms with van der Waals surface area (Å²) in [5, 5.41) is 14.2. The third kappa shape index (κ3) is 3.01. The first-order valence-corrected chi connectivity index (χ1v) is 7.29. The maximum atomic E-state index is 13.5. The van der Waals surface area contributed by atoms with E-state index >= 15 is 0 Å². The number of hydrogen-bond donors (Lipinski definition) is 2. The SMILES string of the molecule is O=C(NO)c1nn(Cc2ccc(Cl)cc2Cl)c2ccc(F)cc12. The van der Waals surface area contributed by atoms with Gasteiger partial charge in [-0.1, -0.05) is 29.3 Å². The largest absolute Gasteiger partial charge is 0.295 e. The highest BCUT2D eigenvalue weighted by molar-refractivity contribution is 6.35. The summed E-state index contributed by atoms with van der Waals surface area (Å²) >= 11 is 12.0. The number of benzene rings is 2. The number of halogens is 3. The zero-order valence-corrected chi connectivity index (χ0v) is 13.1. The topological polar surface area (TPSA) is 67.2 Å². The van der Waals surface area contributed by atoms with Crippen LogP contribution >= 0.6 is 23.2 Å². The van der Waals surface area contributed by atoms with E-state index in [0.29, 0.717) is 20.9 Å². The molecule has 0 radical (unpaired) electrons. The first-order chi connectivity index (χ1) is 11.0. The van der Waals surface area contributed by atoms with Crippen LogP contribution in [0.5, 0.6) is 0 Å². The van der Waals surface area contributed by atoms with E-state index in [2.05, 4.69) is 5.10 Å². The lowest BCUT2D eigenvalue weighted by Gasteiger charge is -2.06. The molecule has 2 aromatic carbocycles. The molecule has 0 spiro atoms. The number of hydroxylamine groups is 1. The summed E-state index contributed by atoms with van der Waals surface area (Å²) in [5.41, 5.74) is 2.71. The fourth-order valence-corrected chi connectivity index (χ4v) is 2.77. The van der Waals surface area contributed by atoms with Crippen molar-refractivity contribution in [1.82, 2.24) is 15.3 Å². The minimum absolute atomic E-state index is 0.0768. The number of rotatable bonds is 3. The summed E-state index contributed by atoms with van der Waals surface area (Å²) in [7, 11) is 0. The predicted octanol–water partition coefficient (Wildman–Crippen LogP) is 3.65. The van der Waals surface area contributed by atoms with Gasteiger partial charge in [0, 0.05) is 15.4 Å². The number of amides is 1. The molecule has 0 atom stereocenters. The Morgan fingerprint density at radius 3 is 2.74 bits per heavy atom. The third-order valence-corrected chi connectivity index (χ3v) is 3.95. The maximum absolute atomic E-state index is 13.5. The van der Waals surface area contributed by atoms with E-state index in [1.807, 2.05) is 0 Å². The van der Waals surface area contributed by atoms with Crippen LogP contribution in [0.3, 0.4) is 0 Å². The molecule has 0 aliphatic rings. The smallest absolute Gasteiger partial charge is 0.288 e. The quantitative estimate of drug-likeness (QED) is 0.557. The molecule has 3 aromatic rings. The van der Waals surface area contributed by atoms with Crippen molar-refractivity contribution in [3.8, 4) is 0 Å². The summed E-state index contributed by atoms with van der Waals surface area (Å²) in [6.45, 7) is 0.261. The summed E-state index contributed by atoms with van der Waals surface area (Å²) in [6.07, 6.45) is 0. The van der Waals surface area contributed by atoms with Crippen molar-refractivity contribution in [2.75, 3.05) is 0 Å². The number of carbonyl (C=O) groups excluding carboxylic acids is 1. The van der Waals surface area contributed by atoms with Gasteiger partial charge in [0.15, 0.2) is 5.69 Å². The molecule has 0 aliphatic carbocycles. The minimum atomic E-state index is -0.818. The Bertz CT molecular complexity index is 911. The molecule has 1 heterocycles. The van der Waals surface area contributed by atoms with Crippen LogP contribution in [0.4, 0.5) is 4.39 Å². The van der Waals surface area contributed by atoms with Gasteiger partial charge in [-0.25, -0.2) is 9.87 Å². The van der Waals surface area contributed by atoms with E-state index in [1.54, 1.807) is 18.2 Å². The molecule has 23 heavy (non-hydrogen) atoms. The number of fused-ring (bicyclic) bond motifs is 1. The maximum Gasteiger partial charge on any atom is 0.295 e. The molecule has 5 nitrogen and oxygen atoms in total. The number of nitrogens with one attached hydrogen (secondary N) is 1. The molecule has 0 saturated heterocycles. The standard InChI is InChI=1S/C15H10Cl2FN3O2/c16-9-2-1-8(12(17)5-9)7-21-13-4-3-10(18)6-11(13)14(19-21)15(22)20-23/h1-6,23H,7H2,(H,20,22). The fourth-order valence-electron chi connectivity index (χ4n) is 2.30. The summed E-state index contributed by atoms with van der Waals surface area (Å²) in [6, 6.07) is 9.00. The summed E-state index contributed by atoms with van der Waals surface area (Å²) in [5.74, 6) is -1.32. The van der Waals surface area contributed by atoms with Crippen LogP contribution in [0.25, 0.3) is 10.9 Å². The normalized spacial score (nSPS) is 11.0. The number of hydrogen-bond acceptors (Lipinski definition) is 3. The lowest BCUT2D eigenvalue weighted by atomic mass is 10.2. The van der Waals surface area contributed by atoms with Crippen LogP contribution in [0.1, 0.15) is 16.1 Å². The molecule has 0 unspecified atom stereocenters. The van der Waals surface area contributed by atoms with Crippen molar-refractivity contribution in [3.05, 3.63) is 63.5 Å². The van der Waals surface area contributed by atoms with Crippen LogP contribution in [0.15, 0.2) is 36.4 Å². The Balaban J connectivity index is 2.12. The van der Waals surface area contributed by atoms with Gasteiger partial charge in [-0.3, -0.25) is 14.7 Å². The van der Waals surface area contributed by atoms with Gasteiger partial charge >= 0.3 is 0 Å². The molecule has 0 bridgehead atoms. The molecule has 0 fully saturated rings. The zero-order chi connectivity index (χ0) is 16.6. The lowest BCUT2D eigenvalue weighted by Crippen LogP contribution is -2.19. The Kier molecular flexibility index (Phi) is 4.21. The van der Waals surface area contributed by atoms with Crippen LogP contribution in [0.2, 0.25) is 10.0 Å². The van der Waals surface area contributed by atoms with Crippen LogP contribution in [-0.4, -0.2) is 20.9 Å². The first kappa shape index (κ1) is 15.7.